The lowest BCUT2D eigenvalue weighted by Crippen LogP contribution is -2.46. The van der Waals surface area contributed by atoms with Crippen molar-refractivity contribution in [2.75, 3.05) is 13.2 Å². The highest BCUT2D eigenvalue weighted by molar-refractivity contribution is 6.39. The number of carbonyl (C=O) groups is 2. The van der Waals surface area contributed by atoms with E-state index in [2.05, 4.69) is 15.6 Å². The molecule has 0 fully saturated rings. The number of amides is 2. The molecule has 2 aromatic rings. The van der Waals surface area contributed by atoms with Crippen LogP contribution in [-0.2, 0) is 9.59 Å². The molecule has 0 saturated carbocycles. The van der Waals surface area contributed by atoms with E-state index in [-0.39, 0.29) is 23.3 Å². The van der Waals surface area contributed by atoms with Crippen molar-refractivity contribution in [1.82, 2.24) is 15.6 Å². The number of halogens is 2. The highest BCUT2D eigenvalue weighted by atomic mass is 35.5. The van der Waals surface area contributed by atoms with Crippen molar-refractivity contribution < 1.29 is 14.3 Å². The molecule has 140 valence electrons. The number of rotatable bonds is 7. The lowest BCUT2D eigenvalue weighted by atomic mass is 10.2. The molecular weight excluding hydrogens is 377 g/mol. The highest BCUT2D eigenvalue weighted by Gasteiger charge is 2.18. The third kappa shape index (κ3) is 4.99. The predicted octanol–water partition coefficient (Wildman–Crippen LogP) is 3.26. The minimum atomic E-state index is -0.657. The van der Waals surface area contributed by atoms with E-state index in [4.69, 9.17) is 27.9 Å². The summed E-state index contributed by atoms with van der Waals surface area (Å²) >= 11 is 12.4. The van der Waals surface area contributed by atoms with Crippen molar-refractivity contribution in [3.63, 3.8) is 0 Å². The smallest absolute Gasteiger partial charge is 0.258 e. The van der Waals surface area contributed by atoms with Crippen LogP contribution in [0.5, 0.6) is 5.75 Å². The fraction of sp³-hybridized carbons (Fsp3) is 0.389. The van der Waals surface area contributed by atoms with Crippen molar-refractivity contribution in [3.8, 4) is 5.75 Å². The summed E-state index contributed by atoms with van der Waals surface area (Å²) < 4.78 is 5.59. The van der Waals surface area contributed by atoms with Gasteiger partial charge in [0, 0.05) is 17.6 Å². The minimum Gasteiger partial charge on any atom is -0.480 e. The summed E-state index contributed by atoms with van der Waals surface area (Å²) in [7, 11) is 0. The Kier molecular flexibility index (Phi) is 7.06. The molecule has 0 unspecified atom stereocenters. The number of nitrogens with one attached hydrogen (secondary N) is 2. The van der Waals surface area contributed by atoms with Gasteiger partial charge in [-0.15, -0.1) is 0 Å². The first-order chi connectivity index (χ1) is 12.3. The molecule has 0 aliphatic carbocycles. The zero-order valence-electron chi connectivity index (χ0n) is 14.9. The van der Waals surface area contributed by atoms with Crippen LogP contribution in [0.15, 0.2) is 18.2 Å². The van der Waals surface area contributed by atoms with Gasteiger partial charge in [-0.3, -0.25) is 9.59 Å². The van der Waals surface area contributed by atoms with Crippen LogP contribution in [0.25, 0.3) is 10.9 Å². The quantitative estimate of drug-likeness (QED) is 0.750. The maximum atomic E-state index is 12.1. The van der Waals surface area contributed by atoms with Gasteiger partial charge in [0.1, 0.15) is 11.6 Å². The summed E-state index contributed by atoms with van der Waals surface area (Å²) in [5, 5.41) is 6.70. The summed E-state index contributed by atoms with van der Waals surface area (Å²) in [6, 6.07) is 4.55. The molecule has 26 heavy (non-hydrogen) atoms. The SMILES string of the molecule is CCCNC(=O)[C@@H](C)NC(=O)COc1c(Cl)cc(Cl)c2ccc(C)nc12. The molecule has 2 amide bonds. The van der Waals surface area contributed by atoms with E-state index in [1.54, 1.807) is 13.0 Å². The van der Waals surface area contributed by atoms with Gasteiger partial charge < -0.3 is 15.4 Å². The summed E-state index contributed by atoms with van der Waals surface area (Å²) in [6.45, 7) is 5.66. The van der Waals surface area contributed by atoms with E-state index in [9.17, 15) is 9.59 Å². The second kappa shape index (κ2) is 9.05. The molecule has 1 aromatic heterocycles. The van der Waals surface area contributed by atoms with E-state index in [0.717, 1.165) is 12.1 Å². The van der Waals surface area contributed by atoms with Crippen molar-refractivity contribution in [2.45, 2.75) is 33.2 Å². The number of nitrogens with zero attached hydrogens (tertiary/aromatic N) is 1. The van der Waals surface area contributed by atoms with Crippen LogP contribution in [0.2, 0.25) is 10.0 Å². The average molecular weight is 398 g/mol. The van der Waals surface area contributed by atoms with E-state index in [1.807, 2.05) is 26.0 Å². The summed E-state index contributed by atoms with van der Waals surface area (Å²) in [5.74, 6) is -0.392. The van der Waals surface area contributed by atoms with Crippen molar-refractivity contribution in [1.29, 1.82) is 0 Å². The molecule has 0 spiro atoms. The maximum absolute atomic E-state index is 12.1. The van der Waals surface area contributed by atoms with Gasteiger partial charge >= 0.3 is 0 Å². The molecular formula is C18H21Cl2N3O3. The molecule has 8 heteroatoms. The second-order valence-corrected chi connectivity index (χ2v) is 6.70. The summed E-state index contributed by atoms with van der Waals surface area (Å²) in [6.07, 6.45) is 0.823. The molecule has 0 radical (unpaired) electrons. The van der Waals surface area contributed by atoms with Crippen molar-refractivity contribution in [3.05, 3.63) is 33.9 Å². The monoisotopic (exact) mass is 397 g/mol. The number of carbonyl (C=O) groups excluding carboxylic acids is 2. The van der Waals surface area contributed by atoms with E-state index < -0.39 is 11.9 Å². The van der Waals surface area contributed by atoms with Crippen LogP contribution in [0.4, 0.5) is 0 Å². The van der Waals surface area contributed by atoms with Gasteiger partial charge in [-0.25, -0.2) is 4.98 Å². The van der Waals surface area contributed by atoms with Crippen LogP contribution >= 0.6 is 23.2 Å². The van der Waals surface area contributed by atoms with Gasteiger partial charge in [0.2, 0.25) is 5.91 Å². The van der Waals surface area contributed by atoms with Gasteiger partial charge in [-0.1, -0.05) is 30.1 Å². The first-order valence-corrected chi connectivity index (χ1v) is 9.04. The fourth-order valence-corrected chi connectivity index (χ4v) is 2.89. The third-order valence-corrected chi connectivity index (χ3v) is 4.24. The third-order valence-electron chi connectivity index (χ3n) is 3.64. The lowest BCUT2D eigenvalue weighted by molar-refractivity contribution is -0.129. The number of aromatic nitrogens is 1. The second-order valence-electron chi connectivity index (χ2n) is 5.89. The molecule has 1 aromatic carbocycles. The largest absolute Gasteiger partial charge is 0.480 e. The Morgan fingerprint density at radius 1 is 1.27 bits per heavy atom. The van der Waals surface area contributed by atoms with Gasteiger partial charge in [0.15, 0.2) is 12.4 Å². The van der Waals surface area contributed by atoms with Crippen LogP contribution in [-0.4, -0.2) is 36.0 Å². The standard InChI is InChI=1S/C18H21Cl2N3O3/c1-4-7-21-18(25)11(3)23-15(24)9-26-17-14(20)8-13(19)12-6-5-10(2)22-16(12)17/h5-6,8,11H,4,7,9H2,1-3H3,(H,21,25)(H,23,24)/t11-/m1/s1. The van der Waals surface area contributed by atoms with E-state index >= 15 is 0 Å². The topological polar surface area (TPSA) is 80.3 Å². The first-order valence-electron chi connectivity index (χ1n) is 8.28. The van der Waals surface area contributed by atoms with Gasteiger partial charge in [-0.05, 0) is 38.5 Å². The van der Waals surface area contributed by atoms with Crippen molar-refractivity contribution in [2.24, 2.45) is 0 Å². The maximum Gasteiger partial charge on any atom is 0.258 e. The Hall–Kier alpha value is -2.05. The van der Waals surface area contributed by atoms with Gasteiger partial charge in [0.05, 0.1) is 10.0 Å². The molecule has 0 aliphatic rings. The van der Waals surface area contributed by atoms with E-state index in [0.29, 0.717) is 22.5 Å². The van der Waals surface area contributed by atoms with E-state index in [1.165, 1.54) is 0 Å². The normalized spacial score (nSPS) is 11.9. The average Bonchev–Trinajstić information content (AvgIpc) is 2.58. The van der Waals surface area contributed by atoms with Crippen molar-refractivity contribution >= 4 is 45.9 Å². The van der Waals surface area contributed by atoms with Gasteiger partial charge in [0.25, 0.3) is 5.91 Å². The Morgan fingerprint density at radius 3 is 2.69 bits per heavy atom. The van der Waals surface area contributed by atoms with Crippen LogP contribution in [0.3, 0.4) is 0 Å². The zero-order chi connectivity index (χ0) is 19.3. The Morgan fingerprint density at radius 2 is 2.00 bits per heavy atom. The minimum absolute atomic E-state index is 0.243. The number of fused-ring (bicyclic) bond motifs is 1. The van der Waals surface area contributed by atoms with Crippen LogP contribution < -0.4 is 15.4 Å². The molecule has 0 aliphatic heterocycles. The number of hydrogen-bond acceptors (Lipinski definition) is 4. The molecule has 0 bridgehead atoms. The molecule has 0 saturated heterocycles. The summed E-state index contributed by atoms with van der Waals surface area (Å²) in [4.78, 5) is 28.3. The van der Waals surface area contributed by atoms with Gasteiger partial charge in [-0.2, -0.15) is 0 Å². The number of ether oxygens (including phenoxy) is 1. The Labute approximate surface area is 162 Å². The number of aryl methyl sites for hydroxylation is 1. The molecule has 2 N–H and O–H groups in total. The lowest BCUT2D eigenvalue weighted by Gasteiger charge is -2.15. The molecule has 1 atom stereocenters. The van der Waals surface area contributed by atoms with Crippen LogP contribution in [0.1, 0.15) is 26.0 Å². The molecule has 6 nitrogen and oxygen atoms in total. The first kappa shape index (κ1) is 20.3. The number of pyridine rings is 1. The Balaban J connectivity index is 2.08. The van der Waals surface area contributed by atoms with Crippen LogP contribution in [0, 0.1) is 6.92 Å². The fourth-order valence-electron chi connectivity index (χ4n) is 2.32. The number of hydrogen-bond donors (Lipinski definition) is 2. The Bertz CT molecular complexity index is 827. The zero-order valence-corrected chi connectivity index (χ0v) is 16.4. The predicted molar refractivity (Wildman–Crippen MR) is 103 cm³/mol. The highest BCUT2D eigenvalue weighted by Crippen LogP contribution is 2.37. The molecule has 1 heterocycles. The number of benzene rings is 1. The molecule has 2 rings (SSSR count). The summed E-state index contributed by atoms with van der Waals surface area (Å²) in [5.41, 5.74) is 1.26.